The third-order valence-electron chi connectivity index (χ3n) is 6.55. The topological polar surface area (TPSA) is 91.4 Å². The standard InChI is InChI=1S/C23H24ClN5O3/c1-15-2-3-17(18(24)10-15)12-32-22(31)28-8-6-23(7-9-28)13-29(14-23)21(30)16-4-5-19-20(11-16)26-27-25-19/h2-5,10-11H,6-9,12-14H2,1H3,(H,25,26,27). The maximum atomic E-state index is 12.8. The van der Waals surface area contributed by atoms with Crippen molar-refractivity contribution in [2.24, 2.45) is 5.41 Å². The van der Waals surface area contributed by atoms with Gasteiger partial charge in [0.25, 0.3) is 5.91 Å². The number of hydrogen-bond acceptors (Lipinski definition) is 5. The van der Waals surface area contributed by atoms with Crippen LogP contribution in [0.3, 0.4) is 0 Å². The van der Waals surface area contributed by atoms with Gasteiger partial charge in [0.05, 0.1) is 0 Å². The van der Waals surface area contributed by atoms with Crippen molar-refractivity contribution >= 4 is 34.6 Å². The lowest BCUT2D eigenvalue weighted by Gasteiger charge is -2.53. The van der Waals surface area contributed by atoms with Gasteiger partial charge in [0, 0.05) is 47.7 Å². The number of piperidine rings is 1. The Morgan fingerprint density at radius 2 is 1.81 bits per heavy atom. The van der Waals surface area contributed by atoms with Crippen molar-refractivity contribution in [1.29, 1.82) is 0 Å². The highest BCUT2D eigenvalue weighted by Crippen LogP contribution is 2.41. The van der Waals surface area contributed by atoms with Crippen LogP contribution in [0, 0.1) is 12.3 Å². The molecule has 2 aliphatic heterocycles. The third kappa shape index (κ3) is 3.90. The van der Waals surface area contributed by atoms with Crippen molar-refractivity contribution < 1.29 is 14.3 Å². The highest BCUT2D eigenvalue weighted by molar-refractivity contribution is 6.31. The summed E-state index contributed by atoms with van der Waals surface area (Å²) in [6, 6.07) is 11.1. The first-order valence-electron chi connectivity index (χ1n) is 10.7. The lowest BCUT2D eigenvalue weighted by atomic mass is 9.72. The summed E-state index contributed by atoms with van der Waals surface area (Å²) in [5, 5.41) is 11.2. The molecule has 8 nitrogen and oxygen atoms in total. The lowest BCUT2D eigenvalue weighted by molar-refractivity contribution is -0.0319. The summed E-state index contributed by atoms with van der Waals surface area (Å²) in [5.41, 5.74) is 4.01. The molecule has 0 radical (unpaired) electrons. The van der Waals surface area contributed by atoms with Gasteiger partial charge in [-0.05, 0) is 49.6 Å². The SMILES string of the molecule is Cc1ccc(COC(=O)N2CCC3(CC2)CN(C(=O)c2ccc4n[nH]nc4c2)C3)c(Cl)c1. The predicted octanol–water partition coefficient (Wildman–Crippen LogP) is 3.79. The molecule has 3 heterocycles. The van der Waals surface area contributed by atoms with Gasteiger partial charge in [-0.3, -0.25) is 4.79 Å². The molecule has 9 heteroatoms. The van der Waals surface area contributed by atoms with Crippen molar-refractivity contribution in [2.75, 3.05) is 26.2 Å². The Morgan fingerprint density at radius 1 is 1.06 bits per heavy atom. The van der Waals surface area contributed by atoms with Gasteiger partial charge >= 0.3 is 6.09 Å². The van der Waals surface area contributed by atoms with Crippen molar-refractivity contribution in [2.45, 2.75) is 26.4 Å². The molecule has 2 saturated heterocycles. The Balaban J connectivity index is 1.11. The second-order valence-electron chi connectivity index (χ2n) is 8.82. The van der Waals surface area contributed by atoms with Crippen LogP contribution in [0.5, 0.6) is 0 Å². The van der Waals surface area contributed by atoms with Crippen molar-refractivity contribution in [1.82, 2.24) is 25.2 Å². The van der Waals surface area contributed by atoms with Gasteiger partial charge in [-0.25, -0.2) is 4.79 Å². The number of carbonyl (C=O) groups excluding carboxylic acids is 2. The first-order valence-corrected chi connectivity index (χ1v) is 11.1. The average Bonchev–Trinajstić information content (AvgIpc) is 3.24. The minimum Gasteiger partial charge on any atom is -0.444 e. The number of H-pyrrole nitrogens is 1. The number of likely N-dealkylation sites (tertiary alicyclic amines) is 2. The quantitative estimate of drug-likeness (QED) is 0.651. The van der Waals surface area contributed by atoms with Gasteiger partial charge in [-0.1, -0.05) is 23.7 Å². The van der Waals surface area contributed by atoms with E-state index in [9.17, 15) is 9.59 Å². The summed E-state index contributed by atoms with van der Waals surface area (Å²) in [5.74, 6) is 0.0114. The van der Waals surface area contributed by atoms with Gasteiger partial charge in [0.1, 0.15) is 17.6 Å². The summed E-state index contributed by atoms with van der Waals surface area (Å²) in [6.45, 7) is 4.82. The maximum absolute atomic E-state index is 12.8. The fourth-order valence-corrected chi connectivity index (χ4v) is 4.83. The second-order valence-corrected chi connectivity index (χ2v) is 9.23. The fraction of sp³-hybridized carbons (Fsp3) is 0.391. The second kappa shape index (κ2) is 8.09. The number of fused-ring (bicyclic) bond motifs is 1. The number of carbonyl (C=O) groups is 2. The van der Waals surface area contributed by atoms with E-state index in [-0.39, 0.29) is 24.0 Å². The molecule has 2 amide bonds. The largest absolute Gasteiger partial charge is 0.444 e. The Labute approximate surface area is 190 Å². The Kier molecular flexibility index (Phi) is 5.25. The number of benzene rings is 2. The fourth-order valence-electron chi connectivity index (χ4n) is 4.54. The average molecular weight is 454 g/mol. The molecule has 0 atom stereocenters. The molecular formula is C23H24ClN5O3. The van der Waals surface area contributed by atoms with E-state index in [0.717, 1.165) is 29.5 Å². The number of nitrogens with zero attached hydrogens (tertiary/aromatic N) is 4. The first-order chi connectivity index (χ1) is 15.4. The molecule has 1 spiro atoms. The number of halogens is 1. The number of rotatable bonds is 3. The van der Waals surface area contributed by atoms with Crippen molar-refractivity contribution in [3.05, 3.63) is 58.1 Å². The Bertz CT molecular complexity index is 1180. The highest BCUT2D eigenvalue weighted by atomic mass is 35.5. The summed E-state index contributed by atoms with van der Waals surface area (Å²) < 4.78 is 5.48. The molecule has 0 bridgehead atoms. The maximum Gasteiger partial charge on any atom is 0.410 e. The molecule has 5 rings (SSSR count). The minimum atomic E-state index is -0.315. The number of nitrogens with one attached hydrogen (secondary N) is 1. The summed E-state index contributed by atoms with van der Waals surface area (Å²) in [4.78, 5) is 28.9. The van der Waals surface area contributed by atoms with Gasteiger partial charge in [0.2, 0.25) is 0 Å². The van der Waals surface area contributed by atoms with Crippen LogP contribution in [0.25, 0.3) is 11.0 Å². The summed E-state index contributed by atoms with van der Waals surface area (Å²) in [6.07, 6.45) is 1.41. The lowest BCUT2D eigenvalue weighted by Crippen LogP contribution is -2.62. The van der Waals surface area contributed by atoms with E-state index in [0.29, 0.717) is 42.3 Å². The molecule has 2 fully saturated rings. The number of amides is 2. The Hall–Kier alpha value is -3.13. The summed E-state index contributed by atoms with van der Waals surface area (Å²) in [7, 11) is 0. The molecule has 1 N–H and O–H groups in total. The van der Waals surface area contributed by atoms with Gasteiger partial charge in [0.15, 0.2) is 0 Å². The number of hydrogen-bond donors (Lipinski definition) is 1. The van der Waals surface area contributed by atoms with Crippen LogP contribution < -0.4 is 0 Å². The predicted molar refractivity (Wildman–Crippen MR) is 119 cm³/mol. The van der Waals surface area contributed by atoms with Gasteiger partial charge in [-0.15, -0.1) is 0 Å². The molecule has 2 aromatic carbocycles. The van der Waals surface area contributed by atoms with Crippen LogP contribution in [-0.2, 0) is 11.3 Å². The molecule has 0 unspecified atom stereocenters. The van der Waals surface area contributed by atoms with E-state index in [4.69, 9.17) is 16.3 Å². The van der Waals surface area contributed by atoms with Crippen LogP contribution in [0.1, 0.15) is 34.3 Å². The molecular weight excluding hydrogens is 430 g/mol. The zero-order chi connectivity index (χ0) is 22.3. The molecule has 0 aliphatic carbocycles. The first kappa shape index (κ1) is 20.8. The third-order valence-corrected chi connectivity index (χ3v) is 6.90. The molecule has 3 aromatic rings. The molecule has 0 saturated carbocycles. The Morgan fingerprint density at radius 3 is 2.56 bits per heavy atom. The van der Waals surface area contributed by atoms with E-state index < -0.39 is 0 Å². The van der Waals surface area contributed by atoms with Crippen LogP contribution in [0.15, 0.2) is 36.4 Å². The summed E-state index contributed by atoms with van der Waals surface area (Å²) >= 11 is 6.22. The van der Waals surface area contributed by atoms with Crippen LogP contribution in [0.2, 0.25) is 5.02 Å². The van der Waals surface area contributed by atoms with E-state index in [2.05, 4.69) is 15.4 Å². The number of aromatic amines is 1. The van der Waals surface area contributed by atoms with Crippen LogP contribution >= 0.6 is 11.6 Å². The molecule has 166 valence electrons. The van der Waals surface area contributed by atoms with Gasteiger partial charge in [-0.2, -0.15) is 15.4 Å². The minimum absolute atomic E-state index is 0.0114. The zero-order valence-corrected chi connectivity index (χ0v) is 18.6. The van der Waals surface area contributed by atoms with E-state index in [1.807, 2.05) is 30.0 Å². The van der Waals surface area contributed by atoms with Crippen LogP contribution in [-0.4, -0.2) is 63.4 Å². The number of aryl methyl sites for hydroxylation is 1. The van der Waals surface area contributed by atoms with E-state index in [1.165, 1.54) is 0 Å². The van der Waals surface area contributed by atoms with Crippen LogP contribution in [0.4, 0.5) is 4.79 Å². The highest BCUT2D eigenvalue weighted by Gasteiger charge is 2.47. The molecule has 2 aliphatic rings. The number of ether oxygens (including phenoxy) is 1. The van der Waals surface area contributed by atoms with E-state index >= 15 is 0 Å². The molecule has 1 aromatic heterocycles. The number of aromatic nitrogens is 3. The van der Waals surface area contributed by atoms with Crippen molar-refractivity contribution in [3.8, 4) is 0 Å². The van der Waals surface area contributed by atoms with Crippen molar-refractivity contribution in [3.63, 3.8) is 0 Å². The normalized spacial score (nSPS) is 17.4. The zero-order valence-electron chi connectivity index (χ0n) is 17.8. The smallest absolute Gasteiger partial charge is 0.410 e. The monoisotopic (exact) mass is 453 g/mol. The van der Waals surface area contributed by atoms with Gasteiger partial charge < -0.3 is 14.5 Å². The van der Waals surface area contributed by atoms with E-state index in [1.54, 1.807) is 23.1 Å². The molecule has 32 heavy (non-hydrogen) atoms.